The number of unbranched alkanes of at least 4 members (excludes halogenated alkanes) is 3. The van der Waals surface area contributed by atoms with Crippen LogP contribution in [0.25, 0.3) is 5.57 Å². The molecule has 1 N–H and O–H groups in total. The van der Waals surface area contributed by atoms with Gasteiger partial charge >= 0.3 is 5.97 Å². The first kappa shape index (κ1) is 25.9. The molecule has 2 aromatic carbocycles. The minimum Gasteiger partial charge on any atom is -0.493 e. The summed E-state index contributed by atoms with van der Waals surface area (Å²) in [5.74, 6) is 0.531. The topological polar surface area (TPSA) is 47.6 Å². The van der Waals surface area contributed by atoms with E-state index in [2.05, 4.69) is 52.2 Å². The van der Waals surface area contributed by atoms with Crippen LogP contribution in [0.1, 0.15) is 106 Å². The summed E-state index contributed by atoms with van der Waals surface area (Å²) in [4.78, 5) is 18.7. The Morgan fingerprint density at radius 1 is 1.06 bits per heavy atom. The van der Waals surface area contributed by atoms with E-state index in [0.717, 1.165) is 53.8 Å². The molecule has 4 heteroatoms. The van der Waals surface area contributed by atoms with E-state index >= 15 is 0 Å². The fourth-order valence-electron chi connectivity index (χ4n) is 4.75. The number of aryl methyl sites for hydroxylation is 1. The van der Waals surface area contributed by atoms with Crippen molar-refractivity contribution in [1.29, 1.82) is 0 Å². The van der Waals surface area contributed by atoms with Crippen LogP contribution >= 0.6 is 0 Å². The summed E-state index contributed by atoms with van der Waals surface area (Å²) in [6.07, 6.45) is 9.46. The number of carbonyl (C=O) groups is 1. The Hall–Kier alpha value is -2.75. The first-order valence-corrected chi connectivity index (χ1v) is 12.9. The molecule has 1 aliphatic carbocycles. The molecule has 0 amide bonds. The van der Waals surface area contributed by atoms with Crippen LogP contribution in [0.5, 0.6) is 5.75 Å². The average Bonchev–Trinajstić information content (AvgIpc) is 2.84. The lowest BCUT2D eigenvalue weighted by Crippen LogP contribution is -2.24. The highest BCUT2D eigenvalue weighted by Crippen LogP contribution is 2.46. The van der Waals surface area contributed by atoms with Crippen molar-refractivity contribution in [1.82, 2.24) is 0 Å². The molecular weight excluding hydrogens is 422 g/mol. The van der Waals surface area contributed by atoms with E-state index < -0.39 is 0 Å². The van der Waals surface area contributed by atoms with Crippen LogP contribution in [0.3, 0.4) is 0 Å². The quantitative estimate of drug-likeness (QED) is 0.270. The SMILES string of the molecule is CCCCCCOc1cc2c(c(NOC(=O)c3ccccc3CC)c1CC)C(C)=CCC2(C)C. The van der Waals surface area contributed by atoms with Gasteiger partial charge in [0.05, 0.1) is 17.9 Å². The van der Waals surface area contributed by atoms with Crippen LogP contribution in [0, 0.1) is 0 Å². The molecule has 0 aliphatic heterocycles. The molecule has 3 rings (SSSR count). The van der Waals surface area contributed by atoms with E-state index in [1.807, 2.05) is 31.2 Å². The third-order valence-electron chi connectivity index (χ3n) is 6.91. The van der Waals surface area contributed by atoms with E-state index in [1.165, 1.54) is 30.4 Å². The number of carbonyl (C=O) groups excluding carboxylic acids is 1. The summed E-state index contributed by atoms with van der Waals surface area (Å²) >= 11 is 0. The molecule has 0 saturated heterocycles. The molecule has 0 unspecified atom stereocenters. The van der Waals surface area contributed by atoms with Gasteiger partial charge in [-0.1, -0.05) is 78.2 Å². The van der Waals surface area contributed by atoms with Crippen molar-refractivity contribution >= 4 is 17.2 Å². The fraction of sp³-hybridized carbons (Fsp3) is 0.500. The van der Waals surface area contributed by atoms with E-state index in [1.54, 1.807) is 0 Å². The third-order valence-corrected chi connectivity index (χ3v) is 6.91. The van der Waals surface area contributed by atoms with Crippen molar-refractivity contribution < 1.29 is 14.4 Å². The van der Waals surface area contributed by atoms with Gasteiger partial charge < -0.3 is 9.57 Å². The van der Waals surface area contributed by atoms with E-state index in [9.17, 15) is 4.79 Å². The van der Waals surface area contributed by atoms with Crippen molar-refractivity contribution in [3.05, 3.63) is 64.2 Å². The number of fused-ring (bicyclic) bond motifs is 1. The zero-order valence-corrected chi connectivity index (χ0v) is 21.8. The van der Waals surface area contributed by atoms with Gasteiger partial charge in [0.2, 0.25) is 0 Å². The van der Waals surface area contributed by atoms with Crippen LogP contribution in [-0.2, 0) is 23.1 Å². The van der Waals surface area contributed by atoms with Gasteiger partial charge in [0.15, 0.2) is 0 Å². The molecule has 0 saturated carbocycles. The molecular formula is C30H41NO3. The number of hydrogen-bond acceptors (Lipinski definition) is 4. The van der Waals surface area contributed by atoms with Gasteiger partial charge in [0, 0.05) is 11.1 Å². The number of rotatable bonds is 11. The zero-order valence-electron chi connectivity index (χ0n) is 21.8. The maximum absolute atomic E-state index is 13.0. The second kappa shape index (κ2) is 11.6. The molecule has 0 fully saturated rings. The van der Waals surface area contributed by atoms with Gasteiger partial charge in [-0.15, -0.1) is 0 Å². The van der Waals surface area contributed by atoms with Crippen molar-refractivity contribution in [2.45, 2.75) is 91.9 Å². The average molecular weight is 464 g/mol. The van der Waals surface area contributed by atoms with E-state index in [4.69, 9.17) is 9.57 Å². The second-order valence-corrected chi connectivity index (χ2v) is 9.89. The highest BCUT2D eigenvalue weighted by Gasteiger charge is 2.32. The fourth-order valence-corrected chi connectivity index (χ4v) is 4.75. The van der Waals surface area contributed by atoms with Crippen LogP contribution in [0.15, 0.2) is 36.4 Å². The molecule has 0 atom stereocenters. The monoisotopic (exact) mass is 463 g/mol. The van der Waals surface area contributed by atoms with E-state index in [-0.39, 0.29) is 11.4 Å². The van der Waals surface area contributed by atoms with Gasteiger partial charge in [-0.05, 0) is 66.9 Å². The number of nitrogens with one attached hydrogen (secondary N) is 1. The number of benzene rings is 2. The molecule has 1 aliphatic rings. The van der Waals surface area contributed by atoms with Crippen molar-refractivity contribution in [2.24, 2.45) is 0 Å². The van der Waals surface area contributed by atoms with Gasteiger partial charge in [0.25, 0.3) is 0 Å². The van der Waals surface area contributed by atoms with Crippen LogP contribution in [-0.4, -0.2) is 12.6 Å². The Morgan fingerprint density at radius 2 is 1.82 bits per heavy atom. The van der Waals surface area contributed by atoms with Crippen LogP contribution in [0.2, 0.25) is 0 Å². The third kappa shape index (κ3) is 5.65. The zero-order chi connectivity index (χ0) is 24.7. The van der Waals surface area contributed by atoms with Gasteiger partial charge in [-0.3, -0.25) is 0 Å². The van der Waals surface area contributed by atoms with Gasteiger partial charge in [0.1, 0.15) is 5.75 Å². The van der Waals surface area contributed by atoms with Gasteiger partial charge in [-0.25, -0.2) is 10.3 Å². The number of allylic oxidation sites excluding steroid dienone is 2. The first-order valence-electron chi connectivity index (χ1n) is 12.9. The predicted octanol–water partition coefficient (Wildman–Crippen LogP) is 8.04. The number of ether oxygens (including phenoxy) is 1. The predicted molar refractivity (Wildman–Crippen MR) is 142 cm³/mol. The van der Waals surface area contributed by atoms with Crippen molar-refractivity contribution in [2.75, 3.05) is 12.1 Å². The largest absolute Gasteiger partial charge is 0.493 e. The minimum absolute atomic E-state index is 0.0311. The summed E-state index contributed by atoms with van der Waals surface area (Å²) in [6.45, 7) is 13.7. The summed E-state index contributed by atoms with van der Waals surface area (Å²) in [7, 11) is 0. The lowest BCUT2D eigenvalue weighted by molar-refractivity contribution is 0.0594. The van der Waals surface area contributed by atoms with E-state index in [0.29, 0.717) is 12.2 Å². The Labute approximate surface area is 205 Å². The molecule has 4 nitrogen and oxygen atoms in total. The van der Waals surface area contributed by atoms with Crippen LogP contribution in [0.4, 0.5) is 5.69 Å². The number of hydrogen-bond donors (Lipinski definition) is 1. The van der Waals surface area contributed by atoms with Gasteiger partial charge in [-0.2, -0.15) is 0 Å². The van der Waals surface area contributed by atoms with Crippen molar-refractivity contribution in [3.63, 3.8) is 0 Å². The normalized spacial score (nSPS) is 14.2. The highest BCUT2D eigenvalue weighted by atomic mass is 16.7. The molecule has 0 heterocycles. The van der Waals surface area contributed by atoms with Crippen molar-refractivity contribution in [3.8, 4) is 5.75 Å². The Balaban J connectivity index is 1.97. The molecule has 0 spiro atoms. The maximum atomic E-state index is 13.0. The molecule has 0 radical (unpaired) electrons. The van der Waals surface area contributed by atoms with Crippen LogP contribution < -0.4 is 10.2 Å². The Bertz CT molecular complexity index is 1040. The minimum atomic E-state index is -0.365. The Morgan fingerprint density at radius 3 is 2.53 bits per heavy atom. The number of anilines is 1. The summed E-state index contributed by atoms with van der Waals surface area (Å²) in [5.41, 5.74) is 10.1. The molecule has 2 aromatic rings. The molecule has 0 aromatic heterocycles. The summed E-state index contributed by atoms with van der Waals surface area (Å²) in [5, 5.41) is 0. The Kier molecular flexibility index (Phi) is 8.82. The maximum Gasteiger partial charge on any atom is 0.363 e. The lowest BCUT2D eigenvalue weighted by atomic mass is 9.72. The lowest BCUT2D eigenvalue weighted by Gasteiger charge is -2.34. The molecule has 34 heavy (non-hydrogen) atoms. The summed E-state index contributed by atoms with van der Waals surface area (Å²) < 4.78 is 6.34. The smallest absolute Gasteiger partial charge is 0.363 e. The standard InChI is InChI=1S/C30H41NO3/c1-7-10-11-14-19-33-26-20-25-27(21(4)17-18-30(25,5)6)28(23(26)9-3)31-34-29(32)24-16-13-12-15-22(24)8-2/h12-13,15-17,20,31H,7-11,14,18-19H2,1-6H3. The summed E-state index contributed by atoms with van der Waals surface area (Å²) in [6, 6.07) is 9.84. The molecule has 184 valence electrons. The molecule has 0 bridgehead atoms. The first-order chi connectivity index (χ1) is 16.3. The second-order valence-electron chi connectivity index (χ2n) is 9.89. The highest BCUT2D eigenvalue weighted by molar-refractivity contribution is 5.92.